The van der Waals surface area contributed by atoms with Gasteiger partial charge in [-0.05, 0) is 36.2 Å². The van der Waals surface area contributed by atoms with Crippen LogP contribution in [0.1, 0.15) is 23.6 Å². The van der Waals surface area contributed by atoms with Gasteiger partial charge in [0.2, 0.25) is 0 Å². The monoisotopic (exact) mass is 348 g/mol. The molecule has 3 rings (SSSR count). The fraction of sp³-hybridized carbons (Fsp3) is 0.684. The fourth-order valence-electron chi connectivity index (χ4n) is 4.07. The predicted molar refractivity (Wildman–Crippen MR) is 99.8 cm³/mol. The molecule has 1 atom stereocenters. The van der Waals surface area contributed by atoms with E-state index in [1.165, 1.54) is 17.5 Å². The molecule has 1 unspecified atom stereocenters. The fourth-order valence-corrected chi connectivity index (χ4v) is 4.07. The van der Waals surface area contributed by atoms with Gasteiger partial charge in [-0.1, -0.05) is 6.07 Å². The highest BCUT2D eigenvalue weighted by molar-refractivity contribution is 5.40. The number of aliphatic hydroxyl groups excluding tert-OH is 1. The maximum atomic E-state index is 9.02. The summed E-state index contributed by atoms with van der Waals surface area (Å²) in [5.74, 6) is 0.916. The van der Waals surface area contributed by atoms with Crippen LogP contribution in [0, 0.1) is 0 Å². The zero-order chi connectivity index (χ0) is 17.6. The van der Waals surface area contributed by atoms with Gasteiger partial charge in [0.05, 0.1) is 13.7 Å². The molecule has 0 bridgehead atoms. The molecule has 2 heterocycles. The van der Waals surface area contributed by atoms with E-state index in [-0.39, 0.29) is 6.61 Å². The summed E-state index contributed by atoms with van der Waals surface area (Å²) < 4.78 is 5.37. The second-order valence-electron chi connectivity index (χ2n) is 7.05. The molecule has 0 radical (unpaired) electrons. The van der Waals surface area contributed by atoms with Crippen LogP contribution >= 0.6 is 0 Å². The number of rotatable bonds is 8. The molecule has 1 aromatic carbocycles. The molecule has 0 saturated carbocycles. The molecule has 25 heavy (non-hydrogen) atoms. The summed E-state index contributed by atoms with van der Waals surface area (Å²) in [5.41, 5.74) is 8.79. The van der Waals surface area contributed by atoms with Gasteiger partial charge in [-0.25, -0.2) is 0 Å². The summed E-state index contributed by atoms with van der Waals surface area (Å²) in [7, 11) is 1.71. The molecular weight excluding hydrogens is 316 g/mol. The van der Waals surface area contributed by atoms with Crippen molar-refractivity contribution in [3.05, 3.63) is 29.3 Å². The first kappa shape index (κ1) is 18.6. The smallest absolute Gasteiger partial charge is 0.119 e. The number of β-amino-alcohol motifs (C(OH)–C–C–N with tert-alkyl or cyclic N) is 1. The van der Waals surface area contributed by atoms with Crippen molar-refractivity contribution < 1.29 is 9.84 Å². The number of methoxy groups -OCH3 is 1. The van der Waals surface area contributed by atoms with Gasteiger partial charge in [0.25, 0.3) is 0 Å². The van der Waals surface area contributed by atoms with E-state index in [1.807, 2.05) is 6.07 Å². The normalized spacial score (nSPS) is 22.3. The van der Waals surface area contributed by atoms with E-state index < -0.39 is 0 Å². The Labute approximate surface area is 151 Å². The average molecular weight is 348 g/mol. The van der Waals surface area contributed by atoms with Crippen LogP contribution in [-0.2, 0) is 6.54 Å². The van der Waals surface area contributed by atoms with Gasteiger partial charge < -0.3 is 20.5 Å². The molecule has 1 fully saturated rings. The van der Waals surface area contributed by atoms with E-state index in [1.54, 1.807) is 7.11 Å². The number of hydrogen-bond donors (Lipinski definition) is 2. The molecule has 6 heteroatoms. The van der Waals surface area contributed by atoms with Crippen LogP contribution in [0.2, 0.25) is 0 Å². The van der Waals surface area contributed by atoms with E-state index in [0.29, 0.717) is 12.6 Å². The Balaban J connectivity index is 1.46. The molecular formula is C19H32N4O2. The lowest BCUT2D eigenvalue weighted by Crippen LogP contribution is -2.47. The summed E-state index contributed by atoms with van der Waals surface area (Å²) in [6.07, 6.45) is 1.17. The largest absolute Gasteiger partial charge is 0.497 e. The number of nitrogens with zero attached hydrogens (tertiary/aromatic N) is 3. The van der Waals surface area contributed by atoms with Crippen LogP contribution < -0.4 is 10.5 Å². The molecule has 1 saturated heterocycles. The van der Waals surface area contributed by atoms with Crippen LogP contribution in [0.5, 0.6) is 5.75 Å². The summed E-state index contributed by atoms with van der Waals surface area (Å²) in [4.78, 5) is 7.38. The van der Waals surface area contributed by atoms with E-state index in [2.05, 4.69) is 26.8 Å². The van der Waals surface area contributed by atoms with Gasteiger partial charge in [0, 0.05) is 58.4 Å². The standard InChI is InChI=1S/C19H32N4O2/c1-25-17-4-3-16-15-23(19(14-20)18(16)13-17)6-2-5-21-7-9-22(10-8-21)11-12-24/h3-4,13,19,24H,2,5-12,14-15,20H2,1H3. The second kappa shape index (κ2) is 8.96. The molecule has 6 nitrogen and oxygen atoms in total. The van der Waals surface area contributed by atoms with Crippen molar-refractivity contribution in [2.24, 2.45) is 5.73 Å². The molecule has 140 valence electrons. The number of fused-ring (bicyclic) bond motifs is 1. The van der Waals surface area contributed by atoms with Crippen LogP contribution in [0.15, 0.2) is 18.2 Å². The Morgan fingerprint density at radius 1 is 1.12 bits per heavy atom. The second-order valence-corrected chi connectivity index (χ2v) is 7.05. The Morgan fingerprint density at radius 3 is 2.48 bits per heavy atom. The van der Waals surface area contributed by atoms with Gasteiger partial charge in [-0.2, -0.15) is 0 Å². The average Bonchev–Trinajstić information content (AvgIpc) is 2.99. The molecule has 1 aromatic rings. The highest BCUT2D eigenvalue weighted by Crippen LogP contribution is 2.35. The first-order valence-corrected chi connectivity index (χ1v) is 9.41. The van der Waals surface area contributed by atoms with Crippen LogP contribution in [0.25, 0.3) is 0 Å². The summed E-state index contributed by atoms with van der Waals surface area (Å²) >= 11 is 0. The van der Waals surface area contributed by atoms with Crippen LogP contribution in [0.4, 0.5) is 0 Å². The quantitative estimate of drug-likeness (QED) is 0.714. The third-order valence-electron chi connectivity index (χ3n) is 5.55. The highest BCUT2D eigenvalue weighted by Gasteiger charge is 2.29. The topological polar surface area (TPSA) is 65.2 Å². The van der Waals surface area contributed by atoms with Crippen molar-refractivity contribution in [3.63, 3.8) is 0 Å². The van der Waals surface area contributed by atoms with Crippen molar-refractivity contribution in [1.29, 1.82) is 0 Å². The number of nitrogens with two attached hydrogens (primary N) is 1. The van der Waals surface area contributed by atoms with E-state index in [0.717, 1.165) is 58.1 Å². The zero-order valence-electron chi connectivity index (χ0n) is 15.4. The Bertz CT molecular complexity index is 546. The Morgan fingerprint density at radius 2 is 1.84 bits per heavy atom. The van der Waals surface area contributed by atoms with Crippen LogP contribution in [0.3, 0.4) is 0 Å². The molecule has 0 spiro atoms. The maximum absolute atomic E-state index is 9.02. The number of benzene rings is 1. The number of ether oxygens (including phenoxy) is 1. The minimum atomic E-state index is 0.265. The van der Waals surface area contributed by atoms with Gasteiger partial charge in [-0.15, -0.1) is 0 Å². The number of piperazine rings is 1. The number of hydrogen-bond acceptors (Lipinski definition) is 6. The third-order valence-corrected chi connectivity index (χ3v) is 5.55. The summed E-state index contributed by atoms with van der Waals surface area (Å²) in [6, 6.07) is 6.68. The molecule has 0 aliphatic carbocycles. The van der Waals surface area contributed by atoms with E-state index >= 15 is 0 Å². The molecule has 0 amide bonds. The van der Waals surface area contributed by atoms with Gasteiger partial charge in [0.1, 0.15) is 5.75 Å². The molecule has 2 aliphatic heterocycles. The van der Waals surface area contributed by atoms with Crippen molar-refractivity contribution in [1.82, 2.24) is 14.7 Å². The molecule has 0 aromatic heterocycles. The van der Waals surface area contributed by atoms with Gasteiger partial charge in [-0.3, -0.25) is 9.80 Å². The maximum Gasteiger partial charge on any atom is 0.119 e. The van der Waals surface area contributed by atoms with E-state index in [9.17, 15) is 0 Å². The SMILES string of the molecule is COc1ccc2c(c1)C(CN)N(CCCN1CCN(CCO)CC1)C2. The summed E-state index contributed by atoms with van der Waals surface area (Å²) in [5, 5.41) is 9.02. The molecule has 2 aliphatic rings. The van der Waals surface area contributed by atoms with E-state index in [4.69, 9.17) is 15.6 Å². The Kier molecular flexibility index (Phi) is 6.67. The van der Waals surface area contributed by atoms with Crippen molar-refractivity contribution in [3.8, 4) is 5.75 Å². The third kappa shape index (κ3) is 4.51. The molecule has 3 N–H and O–H groups in total. The Hall–Kier alpha value is -1.18. The van der Waals surface area contributed by atoms with Crippen molar-refractivity contribution >= 4 is 0 Å². The minimum absolute atomic E-state index is 0.265. The lowest BCUT2D eigenvalue weighted by Gasteiger charge is -2.34. The zero-order valence-corrected chi connectivity index (χ0v) is 15.4. The van der Waals surface area contributed by atoms with Crippen molar-refractivity contribution in [2.45, 2.75) is 19.0 Å². The lowest BCUT2D eigenvalue weighted by molar-refractivity contribution is 0.107. The lowest BCUT2D eigenvalue weighted by atomic mass is 10.0. The van der Waals surface area contributed by atoms with Gasteiger partial charge >= 0.3 is 0 Å². The highest BCUT2D eigenvalue weighted by atomic mass is 16.5. The summed E-state index contributed by atoms with van der Waals surface area (Å²) in [6.45, 7) is 9.29. The minimum Gasteiger partial charge on any atom is -0.497 e. The van der Waals surface area contributed by atoms with Crippen molar-refractivity contribution in [2.75, 3.05) is 66.1 Å². The first-order chi connectivity index (χ1) is 12.2. The van der Waals surface area contributed by atoms with Crippen LogP contribution in [-0.4, -0.2) is 85.9 Å². The van der Waals surface area contributed by atoms with Gasteiger partial charge in [0.15, 0.2) is 0 Å². The first-order valence-electron chi connectivity index (χ1n) is 9.41. The number of aliphatic hydroxyl groups is 1. The predicted octanol–water partition coefficient (Wildman–Crippen LogP) is 0.511.